The number of aliphatic hydroxyl groups excluding tert-OH is 1. The zero-order valence-electron chi connectivity index (χ0n) is 9.03. The topological polar surface area (TPSA) is 130 Å². The number of carbonyl (C=O) groups excluding carboxylic acids is 1. The minimum atomic E-state index is -1.27. The van der Waals surface area contributed by atoms with Gasteiger partial charge < -0.3 is 15.5 Å². The molecule has 0 saturated heterocycles. The van der Waals surface area contributed by atoms with E-state index in [4.69, 9.17) is 10.2 Å². The molecule has 0 aliphatic heterocycles. The summed E-state index contributed by atoms with van der Waals surface area (Å²) in [7, 11) is 0. The molecular formula is C9H10N2O6S. The van der Waals surface area contributed by atoms with E-state index in [1.165, 1.54) is 12.1 Å². The van der Waals surface area contributed by atoms with Crippen LogP contribution >= 0.6 is 11.3 Å². The van der Waals surface area contributed by atoms with Crippen molar-refractivity contribution in [3.8, 4) is 0 Å². The van der Waals surface area contributed by atoms with E-state index < -0.39 is 22.8 Å². The third-order valence-corrected chi connectivity index (χ3v) is 3.05. The number of carboxylic acid groups (broad SMARTS) is 1. The average molecular weight is 274 g/mol. The summed E-state index contributed by atoms with van der Waals surface area (Å²) in [6.45, 7) is -0.387. The summed E-state index contributed by atoms with van der Waals surface area (Å²) in [5.41, 5.74) is 0. The van der Waals surface area contributed by atoms with Gasteiger partial charge in [-0.25, -0.2) is 4.79 Å². The molecule has 0 spiro atoms. The minimum Gasteiger partial charge on any atom is -0.480 e. The second-order valence-corrected chi connectivity index (χ2v) is 4.33. The molecule has 1 unspecified atom stereocenters. The zero-order valence-corrected chi connectivity index (χ0v) is 9.85. The standard InChI is InChI=1S/C9H10N2O6S/c12-4-3-5(9(14)15)10-8(13)6-1-2-7(18-6)11(16)17/h1-2,5,12H,3-4H2,(H,10,13)(H,14,15). The fourth-order valence-electron chi connectivity index (χ4n) is 1.16. The van der Waals surface area contributed by atoms with Gasteiger partial charge in [0.25, 0.3) is 5.91 Å². The van der Waals surface area contributed by atoms with Crippen molar-refractivity contribution >= 4 is 28.2 Å². The lowest BCUT2D eigenvalue weighted by atomic mass is 10.2. The molecule has 0 bridgehead atoms. The van der Waals surface area contributed by atoms with Crippen molar-refractivity contribution in [2.24, 2.45) is 0 Å². The highest BCUT2D eigenvalue weighted by molar-refractivity contribution is 7.17. The second kappa shape index (κ2) is 6.07. The highest BCUT2D eigenvalue weighted by Gasteiger charge is 2.22. The van der Waals surface area contributed by atoms with Crippen LogP contribution in [0.2, 0.25) is 0 Å². The van der Waals surface area contributed by atoms with Crippen molar-refractivity contribution < 1.29 is 24.7 Å². The molecule has 0 aromatic carbocycles. The van der Waals surface area contributed by atoms with Gasteiger partial charge in [-0.2, -0.15) is 0 Å². The van der Waals surface area contributed by atoms with E-state index in [1.807, 2.05) is 0 Å². The van der Waals surface area contributed by atoms with Gasteiger partial charge in [0.2, 0.25) is 0 Å². The van der Waals surface area contributed by atoms with E-state index in [0.717, 1.165) is 0 Å². The van der Waals surface area contributed by atoms with E-state index in [0.29, 0.717) is 11.3 Å². The van der Waals surface area contributed by atoms with Crippen LogP contribution in [0.15, 0.2) is 12.1 Å². The predicted molar refractivity (Wildman–Crippen MR) is 61.6 cm³/mol. The number of carbonyl (C=O) groups is 2. The SMILES string of the molecule is O=C(NC(CCO)C(=O)O)c1ccc([N+](=O)[O-])s1. The number of nitrogens with zero attached hydrogens (tertiary/aromatic N) is 1. The Morgan fingerprint density at radius 1 is 1.50 bits per heavy atom. The van der Waals surface area contributed by atoms with E-state index in [2.05, 4.69) is 5.32 Å². The van der Waals surface area contributed by atoms with Gasteiger partial charge in [-0.15, -0.1) is 0 Å². The monoisotopic (exact) mass is 274 g/mol. The summed E-state index contributed by atoms with van der Waals surface area (Å²) in [5.74, 6) is -1.99. The molecule has 1 aromatic rings. The van der Waals surface area contributed by atoms with Gasteiger partial charge in [0.15, 0.2) is 0 Å². The molecule has 9 heteroatoms. The number of rotatable bonds is 6. The van der Waals surface area contributed by atoms with Gasteiger partial charge in [-0.05, 0) is 6.07 Å². The quantitative estimate of drug-likeness (QED) is 0.502. The fraction of sp³-hybridized carbons (Fsp3) is 0.333. The lowest BCUT2D eigenvalue weighted by Crippen LogP contribution is -2.41. The summed E-state index contributed by atoms with van der Waals surface area (Å²) < 4.78 is 0. The van der Waals surface area contributed by atoms with Crippen LogP contribution in [0, 0.1) is 10.1 Å². The van der Waals surface area contributed by atoms with Crippen molar-refractivity contribution in [3.05, 3.63) is 27.1 Å². The van der Waals surface area contributed by atoms with Crippen LogP contribution in [0.1, 0.15) is 16.1 Å². The van der Waals surface area contributed by atoms with Crippen molar-refractivity contribution in [3.63, 3.8) is 0 Å². The maximum atomic E-state index is 11.6. The maximum absolute atomic E-state index is 11.6. The average Bonchev–Trinajstić information content (AvgIpc) is 2.77. The Labute approximate surface area is 105 Å². The van der Waals surface area contributed by atoms with Gasteiger partial charge in [0, 0.05) is 19.1 Å². The summed E-state index contributed by atoms with van der Waals surface area (Å²) >= 11 is 0.654. The summed E-state index contributed by atoms with van der Waals surface area (Å²) in [6.07, 6.45) is -0.130. The molecule has 0 fully saturated rings. The molecule has 1 rings (SSSR count). The van der Waals surface area contributed by atoms with E-state index in [-0.39, 0.29) is 22.9 Å². The van der Waals surface area contributed by atoms with Crippen LogP contribution in [-0.2, 0) is 4.79 Å². The first-order valence-corrected chi connectivity index (χ1v) is 5.66. The Hall–Kier alpha value is -2.00. The minimum absolute atomic E-state index is 0.0471. The number of nitro groups is 1. The number of hydrogen-bond donors (Lipinski definition) is 3. The van der Waals surface area contributed by atoms with Crippen LogP contribution in [-0.4, -0.2) is 39.7 Å². The molecule has 0 saturated carbocycles. The molecule has 0 radical (unpaired) electrons. The van der Waals surface area contributed by atoms with Gasteiger partial charge in [-0.1, -0.05) is 11.3 Å². The number of thiophene rings is 1. The molecule has 1 aromatic heterocycles. The number of amides is 1. The fourth-order valence-corrected chi connectivity index (χ4v) is 1.89. The molecule has 18 heavy (non-hydrogen) atoms. The van der Waals surface area contributed by atoms with Crippen LogP contribution in [0.25, 0.3) is 0 Å². The number of nitrogens with one attached hydrogen (secondary N) is 1. The van der Waals surface area contributed by atoms with Crippen LogP contribution in [0.4, 0.5) is 5.00 Å². The van der Waals surface area contributed by atoms with Crippen molar-refractivity contribution in [1.82, 2.24) is 5.32 Å². The third kappa shape index (κ3) is 3.50. The second-order valence-electron chi connectivity index (χ2n) is 3.27. The smallest absolute Gasteiger partial charge is 0.326 e. The third-order valence-electron chi connectivity index (χ3n) is 2.02. The lowest BCUT2D eigenvalue weighted by Gasteiger charge is -2.11. The molecule has 98 valence electrons. The first-order valence-electron chi connectivity index (χ1n) is 4.84. The molecule has 0 aliphatic rings. The Kier molecular flexibility index (Phi) is 4.75. The van der Waals surface area contributed by atoms with Crippen LogP contribution < -0.4 is 5.32 Å². The van der Waals surface area contributed by atoms with Gasteiger partial charge in [0.1, 0.15) is 6.04 Å². The van der Waals surface area contributed by atoms with Gasteiger partial charge in [0.05, 0.1) is 9.80 Å². The largest absolute Gasteiger partial charge is 0.480 e. The van der Waals surface area contributed by atoms with Crippen LogP contribution in [0.3, 0.4) is 0 Å². The van der Waals surface area contributed by atoms with Crippen molar-refractivity contribution in [1.29, 1.82) is 0 Å². The Balaban J connectivity index is 2.74. The van der Waals surface area contributed by atoms with E-state index in [9.17, 15) is 19.7 Å². The molecule has 1 amide bonds. The summed E-state index contributed by atoms with van der Waals surface area (Å²) in [5, 5.41) is 29.8. The van der Waals surface area contributed by atoms with Crippen LogP contribution in [0.5, 0.6) is 0 Å². The Morgan fingerprint density at radius 2 is 2.17 bits per heavy atom. The predicted octanol–water partition coefficient (Wildman–Crippen LogP) is 0.222. The van der Waals surface area contributed by atoms with Gasteiger partial charge in [-0.3, -0.25) is 14.9 Å². The highest BCUT2D eigenvalue weighted by atomic mass is 32.1. The normalized spacial score (nSPS) is 11.8. The maximum Gasteiger partial charge on any atom is 0.326 e. The number of aliphatic carboxylic acids is 1. The molecule has 1 heterocycles. The molecular weight excluding hydrogens is 264 g/mol. The Bertz CT molecular complexity index is 471. The first kappa shape index (κ1) is 14.1. The van der Waals surface area contributed by atoms with Gasteiger partial charge >= 0.3 is 11.0 Å². The van der Waals surface area contributed by atoms with E-state index >= 15 is 0 Å². The van der Waals surface area contributed by atoms with E-state index in [1.54, 1.807) is 0 Å². The highest BCUT2D eigenvalue weighted by Crippen LogP contribution is 2.23. The van der Waals surface area contributed by atoms with Crippen molar-refractivity contribution in [2.75, 3.05) is 6.61 Å². The number of hydrogen-bond acceptors (Lipinski definition) is 6. The molecule has 0 aliphatic carbocycles. The lowest BCUT2D eigenvalue weighted by molar-refractivity contribution is -0.380. The molecule has 3 N–H and O–H groups in total. The Morgan fingerprint density at radius 3 is 2.61 bits per heavy atom. The summed E-state index contributed by atoms with van der Waals surface area (Å²) in [4.78, 5) is 32.2. The molecule has 8 nitrogen and oxygen atoms in total. The van der Waals surface area contributed by atoms with Crippen molar-refractivity contribution in [2.45, 2.75) is 12.5 Å². The summed E-state index contributed by atoms with van der Waals surface area (Å²) in [6, 6.07) is 1.20. The number of aliphatic hydroxyl groups is 1. The zero-order chi connectivity index (χ0) is 13.7. The molecule has 1 atom stereocenters. The first-order chi connectivity index (χ1) is 8.45. The number of carboxylic acids is 1.